The summed E-state index contributed by atoms with van der Waals surface area (Å²) in [7, 11) is 0. The zero-order chi connectivity index (χ0) is 15.9. The van der Waals surface area contributed by atoms with Crippen molar-refractivity contribution in [1.29, 1.82) is 0 Å². The number of hydrogen-bond donors (Lipinski definition) is 1. The first-order chi connectivity index (χ1) is 11.3. The van der Waals surface area contributed by atoms with Crippen molar-refractivity contribution in [2.45, 2.75) is 22.7 Å². The Morgan fingerprint density at radius 3 is 2.87 bits per heavy atom. The van der Waals surface area contributed by atoms with Crippen LogP contribution in [-0.2, 0) is 10.5 Å². The number of rotatable bonds is 7. The van der Waals surface area contributed by atoms with Gasteiger partial charge >= 0.3 is 0 Å². The van der Waals surface area contributed by atoms with Crippen LogP contribution in [0.1, 0.15) is 11.3 Å². The SMILES string of the molecule is Cc1c(SCCN2CCOCC2)ccnc1CSc1ncc[nH]1. The maximum atomic E-state index is 5.39. The van der Waals surface area contributed by atoms with Crippen molar-refractivity contribution < 1.29 is 4.74 Å². The van der Waals surface area contributed by atoms with Crippen LogP contribution in [0.5, 0.6) is 0 Å². The third kappa shape index (κ3) is 4.97. The summed E-state index contributed by atoms with van der Waals surface area (Å²) in [6.45, 7) is 7.14. The van der Waals surface area contributed by atoms with Crippen molar-refractivity contribution in [1.82, 2.24) is 19.9 Å². The number of imidazole rings is 1. The van der Waals surface area contributed by atoms with Crippen LogP contribution in [-0.4, -0.2) is 58.5 Å². The molecule has 0 radical (unpaired) electrons. The number of pyridine rings is 1. The summed E-state index contributed by atoms with van der Waals surface area (Å²) in [5.74, 6) is 1.95. The molecule has 1 aliphatic heterocycles. The summed E-state index contributed by atoms with van der Waals surface area (Å²) in [5.41, 5.74) is 2.43. The van der Waals surface area contributed by atoms with E-state index < -0.39 is 0 Å². The number of hydrogen-bond acceptors (Lipinski definition) is 6. The Balaban J connectivity index is 1.51. The van der Waals surface area contributed by atoms with Crippen LogP contribution in [0.25, 0.3) is 0 Å². The van der Waals surface area contributed by atoms with Crippen LogP contribution >= 0.6 is 23.5 Å². The Morgan fingerprint density at radius 1 is 1.22 bits per heavy atom. The summed E-state index contributed by atoms with van der Waals surface area (Å²) in [6, 6.07) is 2.13. The van der Waals surface area contributed by atoms with E-state index in [2.05, 4.69) is 32.8 Å². The highest BCUT2D eigenvalue weighted by molar-refractivity contribution is 7.99. The summed E-state index contributed by atoms with van der Waals surface area (Å²) in [4.78, 5) is 15.7. The quantitative estimate of drug-likeness (QED) is 0.775. The van der Waals surface area contributed by atoms with Gasteiger partial charge in [0.25, 0.3) is 0 Å². The highest BCUT2D eigenvalue weighted by Gasteiger charge is 2.11. The molecule has 5 nitrogen and oxygen atoms in total. The number of H-pyrrole nitrogens is 1. The Bertz CT molecular complexity index is 600. The van der Waals surface area contributed by atoms with Crippen LogP contribution in [0.2, 0.25) is 0 Å². The van der Waals surface area contributed by atoms with E-state index in [9.17, 15) is 0 Å². The van der Waals surface area contributed by atoms with Crippen LogP contribution in [0.4, 0.5) is 0 Å². The van der Waals surface area contributed by atoms with Gasteiger partial charge in [0.1, 0.15) is 0 Å². The second-order valence-electron chi connectivity index (χ2n) is 5.37. The molecule has 23 heavy (non-hydrogen) atoms. The molecule has 0 bridgehead atoms. The predicted molar refractivity (Wildman–Crippen MR) is 95.1 cm³/mol. The minimum Gasteiger partial charge on any atom is -0.379 e. The number of ether oxygens (including phenoxy) is 1. The molecule has 1 N–H and O–H groups in total. The number of thioether (sulfide) groups is 2. The lowest BCUT2D eigenvalue weighted by atomic mass is 10.2. The lowest BCUT2D eigenvalue weighted by molar-refractivity contribution is 0.0410. The fourth-order valence-electron chi connectivity index (χ4n) is 2.44. The number of nitrogens with one attached hydrogen (secondary N) is 1. The average Bonchev–Trinajstić information content (AvgIpc) is 3.10. The molecule has 0 amide bonds. The Kier molecular flexibility index (Phi) is 6.38. The zero-order valence-electron chi connectivity index (χ0n) is 13.3. The molecule has 0 spiro atoms. The van der Waals surface area contributed by atoms with Crippen molar-refractivity contribution in [3.05, 3.63) is 35.9 Å². The molecule has 0 aromatic carbocycles. The van der Waals surface area contributed by atoms with Crippen molar-refractivity contribution in [3.63, 3.8) is 0 Å². The molecule has 0 aliphatic carbocycles. The number of aromatic nitrogens is 3. The van der Waals surface area contributed by atoms with Crippen molar-refractivity contribution in [2.75, 3.05) is 38.6 Å². The number of morpholine rings is 1. The lowest BCUT2D eigenvalue weighted by Gasteiger charge is -2.26. The van der Waals surface area contributed by atoms with E-state index >= 15 is 0 Å². The molecule has 1 aliphatic rings. The number of nitrogens with zero attached hydrogens (tertiary/aromatic N) is 3. The molecule has 7 heteroatoms. The second kappa shape index (κ2) is 8.73. The third-order valence-electron chi connectivity index (χ3n) is 3.85. The maximum Gasteiger partial charge on any atom is 0.165 e. The largest absolute Gasteiger partial charge is 0.379 e. The molecule has 3 rings (SSSR count). The van der Waals surface area contributed by atoms with E-state index in [0.29, 0.717) is 0 Å². The van der Waals surface area contributed by atoms with E-state index in [1.165, 1.54) is 10.5 Å². The minimum atomic E-state index is 0.844. The van der Waals surface area contributed by atoms with Crippen molar-refractivity contribution >= 4 is 23.5 Å². The third-order valence-corrected chi connectivity index (χ3v) is 5.90. The highest BCUT2D eigenvalue weighted by atomic mass is 32.2. The van der Waals surface area contributed by atoms with E-state index in [-0.39, 0.29) is 0 Å². The lowest BCUT2D eigenvalue weighted by Crippen LogP contribution is -2.37. The molecule has 3 heterocycles. The Hall–Kier alpha value is -1.02. The molecule has 0 unspecified atom stereocenters. The Labute approximate surface area is 145 Å². The first kappa shape index (κ1) is 16.8. The van der Waals surface area contributed by atoms with Gasteiger partial charge in [-0.25, -0.2) is 4.98 Å². The fraction of sp³-hybridized carbons (Fsp3) is 0.500. The van der Waals surface area contributed by atoms with Gasteiger partial charge in [-0.15, -0.1) is 11.8 Å². The van der Waals surface area contributed by atoms with Crippen molar-refractivity contribution in [2.24, 2.45) is 0 Å². The molecule has 2 aromatic heterocycles. The summed E-state index contributed by atoms with van der Waals surface area (Å²) in [5, 5.41) is 0.941. The summed E-state index contributed by atoms with van der Waals surface area (Å²) >= 11 is 3.61. The second-order valence-corrected chi connectivity index (χ2v) is 7.47. The first-order valence-corrected chi connectivity index (χ1v) is 9.79. The van der Waals surface area contributed by atoms with E-state index in [1.54, 1.807) is 18.0 Å². The van der Waals surface area contributed by atoms with E-state index in [4.69, 9.17) is 4.74 Å². The van der Waals surface area contributed by atoms with Gasteiger partial charge in [-0.3, -0.25) is 9.88 Å². The smallest absolute Gasteiger partial charge is 0.165 e. The van der Waals surface area contributed by atoms with Crippen LogP contribution in [0.3, 0.4) is 0 Å². The molecular formula is C16H22N4OS2. The van der Waals surface area contributed by atoms with Gasteiger partial charge in [-0.1, -0.05) is 11.8 Å². The van der Waals surface area contributed by atoms with Crippen LogP contribution < -0.4 is 0 Å². The Morgan fingerprint density at radius 2 is 2.09 bits per heavy atom. The van der Waals surface area contributed by atoms with Gasteiger partial charge in [0.2, 0.25) is 0 Å². The molecule has 124 valence electrons. The molecule has 0 atom stereocenters. The summed E-state index contributed by atoms with van der Waals surface area (Å²) < 4.78 is 5.39. The minimum absolute atomic E-state index is 0.844. The van der Waals surface area contributed by atoms with Gasteiger partial charge in [0, 0.05) is 54.6 Å². The van der Waals surface area contributed by atoms with Crippen molar-refractivity contribution in [3.8, 4) is 0 Å². The predicted octanol–water partition coefficient (Wildman–Crippen LogP) is 2.83. The van der Waals surface area contributed by atoms with E-state index in [1.807, 2.05) is 24.2 Å². The topological polar surface area (TPSA) is 54.0 Å². The van der Waals surface area contributed by atoms with Gasteiger partial charge in [-0.2, -0.15) is 0 Å². The highest BCUT2D eigenvalue weighted by Crippen LogP contribution is 2.27. The summed E-state index contributed by atoms with van der Waals surface area (Å²) in [6.07, 6.45) is 5.54. The molecular weight excluding hydrogens is 328 g/mol. The fourth-order valence-corrected chi connectivity index (χ4v) is 4.35. The molecule has 2 aromatic rings. The molecule has 1 saturated heterocycles. The zero-order valence-corrected chi connectivity index (χ0v) is 15.0. The number of aromatic amines is 1. The van der Waals surface area contributed by atoms with Crippen LogP contribution in [0, 0.1) is 6.92 Å². The van der Waals surface area contributed by atoms with Gasteiger partial charge in [0.15, 0.2) is 5.16 Å². The first-order valence-electron chi connectivity index (χ1n) is 7.82. The standard InChI is InChI=1S/C16H22N4OS2/c1-13-14(12-23-16-18-4-5-19-16)17-3-2-15(13)22-11-8-20-6-9-21-10-7-20/h2-5H,6-12H2,1H3,(H,18,19). The average molecular weight is 351 g/mol. The normalized spacial score (nSPS) is 15.9. The monoisotopic (exact) mass is 350 g/mol. The maximum absolute atomic E-state index is 5.39. The van der Waals surface area contributed by atoms with Gasteiger partial charge in [-0.05, 0) is 18.6 Å². The molecule has 1 fully saturated rings. The van der Waals surface area contributed by atoms with Gasteiger partial charge < -0.3 is 9.72 Å². The molecule has 0 saturated carbocycles. The van der Waals surface area contributed by atoms with E-state index in [0.717, 1.165) is 55.2 Å². The van der Waals surface area contributed by atoms with Gasteiger partial charge in [0.05, 0.1) is 18.9 Å². The van der Waals surface area contributed by atoms with Crippen LogP contribution in [0.15, 0.2) is 34.7 Å².